The first kappa shape index (κ1) is 13.3. The molecule has 0 saturated carbocycles. The van der Waals surface area contributed by atoms with Crippen LogP contribution in [0.15, 0.2) is 42.7 Å². The number of H-pyrrole nitrogens is 1. The molecular formula is C14H21N3. The minimum absolute atomic E-state index is 0.189. The monoisotopic (exact) mass is 231 g/mol. The van der Waals surface area contributed by atoms with Crippen LogP contribution in [0.5, 0.6) is 0 Å². The van der Waals surface area contributed by atoms with Crippen LogP contribution >= 0.6 is 0 Å². The van der Waals surface area contributed by atoms with E-state index in [2.05, 4.69) is 41.1 Å². The fourth-order valence-corrected chi connectivity index (χ4v) is 1.63. The molecule has 1 unspecified atom stereocenters. The summed E-state index contributed by atoms with van der Waals surface area (Å²) in [5, 5.41) is 3.43. The second kappa shape index (κ2) is 6.77. The van der Waals surface area contributed by atoms with Gasteiger partial charge < -0.3 is 10.3 Å². The molecule has 0 amide bonds. The highest BCUT2D eigenvalue weighted by atomic mass is 14.9. The maximum absolute atomic E-state index is 4.24. The first-order valence-electron chi connectivity index (χ1n) is 5.95. The van der Waals surface area contributed by atoms with E-state index in [1.165, 1.54) is 0 Å². The Morgan fingerprint density at radius 1 is 1.65 bits per heavy atom. The van der Waals surface area contributed by atoms with Gasteiger partial charge >= 0.3 is 0 Å². The predicted octanol–water partition coefficient (Wildman–Crippen LogP) is 2.96. The molecule has 1 heterocycles. The van der Waals surface area contributed by atoms with E-state index in [1.807, 2.05) is 13.1 Å². The smallest absolute Gasteiger partial charge is 0.0923 e. The van der Waals surface area contributed by atoms with Crippen molar-refractivity contribution in [3.63, 3.8) is 0 Å². The summed E-state index contributed by atoms with van der Waals surface area (Å²) in [6.07, 6.45) is 6.48. The molecule has 0 aliphatic carbocycles. The fourth-order valence-electron chi connectivity index (χ4n) is 1.63. The van der Waals surface area contributed by atoms with Crippen LogP contribution < -0.4 is 5.32 Å². The van der Waals surface area contributed by atoms with Crippen molar-refractivity contribution in [2.45, 2.75) is 39.2 Å². The molecule has 3 nitrogen and oxygen atoms in total. The van der Waals surface area contributed by atoms with Gasteiger partial charge in [-0.1, -0.05) is 32.1 Å². The van der Waals surface area contributed by atoms with Crippen molar-refractivity contribution in [3.8, 4) is 0 Å². The van der Waals surface area contributed by atoms with Crippen LogP contribution in [0.25, 0.3) is 0 Å². The Bertz CT molecular complexity index is 397. The number of aromatic nitrogens is 2. The zero-order valence-electron chi connectivity index (χ0n) is 10.7. The molecule has 0 aliphatic rings. The van der Waals surface area contributed by atoms with Crippen molar-refractivity contribution in [1.29, 1.82) is 0 Å². The highest BCUT2D eigenvalue weighted by Gasteiger charge is 2.12. The number of nitrogens with zero attached hydrogens (tertiary/aromatic N) is 1. The Labute approximate surface area is 103 Å². The molecule has 0 aliphatic heterocycles. The van der Waals surface area contributed by atoms with Crippen LogP contribution in [-0.2, 0) is 6.42 Å². The maximum atomic E-state index is 4.24. The summed E-state index contributed by atoms with van der Waals surface area (Å²) in [5.41, 5.74) is 6.13. The molecule has 1 rings (SSSR count). The average molecular weight is 231 g/mol. The molecule has 3 heteroatoms. The van der Waals surface area contributed by atoms with Crippen LogP contribution in [0.4, 0.5) is 0 Å². The van der Waals surface area contributed by atoms with Gasteiger partial charge in [-0.25, -0.2) is 4.98 Å². The zero-order chi connectivity index (χ0) is 12.7. The van der Waals surface area contributed by atoms with Gasteiger partial charge in [0.15, 0.2) is 0 Å². The van der Waals surface area contributed by atoms with E-state index in [0.717, 1.165) is 36.2 Å². The van der Waals surface area contributed by atoms with Crippen LogP contribution in [0.1, 0.15) is 32.4 Å². The van der Waals surface area contributed by atoms with E-state index >= 15 is 0 Å². The second-order valence-electron chi connectivity index (χ2n) is 4.21. The SMILES string of the molecule is C=C=C(CCC)NC(Cc1c[nH]cn1)C(=C)C. The number of hydrogen-bond acceptors (Lipinski definition) is 2. The van der Waals surface area contributed by atoms with Gasteiger partial charge in [-0.05, 0) is 13.3 Å². The first-order valence-corrected chi connectivity index (χ1v) is 5.95. The summed E-state index contributed by atoms with van der Waals surface area (Å²) in [7, 11) is 0. The minimum Gasteiger partial charge on any atom is -0.375 e. The molecule has 0 fully saturated rings. The Balaban J connectivity index is 2.66. The molecule has 1 aromatic heterocycles. The highest BCUT2D eigenvalue weighted by Crippen LogP contribution is 2.10. The molecule has 0 spiro atoms. The van der Waals surface area contributed by atoms with Gasteiger partial charge in [0, 0.05) is 12.6 Å². The quantitative estimate of drug-likeness (QED) is 0.559. The van der Waals surface area contributed by atoms with E-state index in [-0.39, 0.29) is 6.04 Å². The van der Waals surface area contributed by atoms with Gasteiger partial charge in [0.1, 0.15) is 0 Å². The number of nitrogens with one attached hydrogen (secondary N) is 2. The molecule has 2 N–H and O–H groups in total. The van der Waals surface area contributed by atoms with Crippen molar-refractivity contribution in [3.05, 3.63) is 48.4 Å². The number of imidazole rings is 1. The third kappa shape index (κ3) is 4.33. The molecular weight excluding hydrogens is 210 g/mol. The standard InChI is InChI=1S/C14H21N3/c1-5-7-12(6-2)17-14(11(3)4)8-13-9-15-10-16-13/h9-10,14,17H,2-3,5,7-8H2,1,4H3,(H,15,16). The summed E-state index contributed by atoms with van der Waals surface area (Å²) in [6.45, 7) is 11.9. The third-order valence-electron chi connectivity index (χ3n) is 2.62. The van der Waals surface area contributed by atoms with Gasteiger partial charge in [0.2, 0.25) is 0 Å². The van der Waals surface area contributed by atoms with Crippen molar-refractivity contribution >= 4 is 0 Å². The summed E-state index contributed by atoms with van der Waals surface area (Å²) in [5.74, 6) is 0. The van der Waals surface area contributed by atoms with Crippen molar-refractivity contribution < 1.29 is 0 Å². The lowest BCUT2D eigenvalue weighted by Gasteiger charge is -2.20. The summed E-state index contributed by atoms with van der Waals surface area (Å²) in [6, 6.07) is 0.189. The summed E-state index contributed by atoms with van der Waals surface area (Å²) in [4.78, 5) is 7.20. The highest BCUT2D eigenvalue weighted by molar-refractivity contribution is 5.13. The summed E-state index contributed by atoms with van der Waals surface area (Å²) >= 11 is 0. The molecule has 0 saturated heterocycles. The largest absolute Gasteiger partial charge is 0.375 e. The Kier molecular flexibility index (Phi) is 5.31. The molecule has 1 atom stereocenters. The summed E-state index contributed by atoms with van der Waals surface area (Å²) < 4.78 is 0. The average Bonchev–Trinajstić information content (AvgIpc) is 2.79. The van der Waals surface area contributed by atoms with E-state index in [9.17, 15) is 0 Å². The van der Waals surface area contributed by atoms with Gasteiger partial charge in [-0.3, -0.25) is 0 Å². The number of allylic oxidation sites excluding steroid dienone is 1. The van der Waals surface area contributed by atoms with Crippen LogP contribution in [0.3, 0.4) is 0 Å². The molecule has 0 radical (unpaired) electrons. The van der Waals surface area contributed by atoms with E-state index in [0.29, 0.717) is 0 Å². The number of hydrogen-bond donors (Lipinski definition) is 2. The number of aromatic amines is 1. The Morgan fingerprint density at radius 2 is 2.41 bits per heavy atom. The van der Waals surface area contributed by atoms with Crippen molar-refractivity contribution in [2.24, 2.45) is 0 Å². The number of rotatable bonds is 7. The van der Waals surface area contributed by atoms with Crippen molar-refractivity contribution in [2.75, 3.05) is 0 Å². The zero-order valence-corrected chi connectivity index (χ0v) is 10.7. The lowest BCUT2D eigenvalue weighted by atomic mass is 10.0. The minimum atomic E-state index is 0.189. The van der Waals surface area contributed by atoms with Crippen LogP contribution in [0.2, 0.25) is 0 Å². The molecule has 0 aromatic carbocycles. The normalized spacial score (nSPS) is 11.6. The molecule has 92 valence electrons. The Morgan fingerprint density at radius 3 is 2.88 bits per heavy atom. The molecule has 1 aromatic rings. The fraction of sp³-hybridized carbons (Fsp3) is 0.429. The maximum Gasteiger partial charge on any atom is 0.0923 e. The van der Waals surface area contributed by atoms with Crippen LogP contribution in [-0.4, -0.2) is 16.0 Å². The van der Waals surface area contributed by atoms with Crippen molar-refractivity contribution in [1.82, 2.24) is 15.3 Å². The van der Waals surface area contributed by atoms with E-state index in [1.54, 1.807) is 6.33 Å². The van der Waals surface area contributed by atoms with Gasteiger partial charge in [0.05, 0.1) is 23.8 Å². The van der Waals surface area contributed by atoms with Crippen LogP contribution in [0, 0.1) is 0 Å². The Hall–Kier alpha value is -1.73. The van der Waals surface area contributed by atoms with Gasteiger partial charge in [-0.2, -0.15) is 0 Å². The van der Waals surface area contributed by atoms with Gasteiger partial charge in [0.25, 0.3) is 0 Å². The molecule has 0 bridgehead atoms. The van der Waals surface area contributed by atoms with E-state index < -0.39 is 0 Å². The van der Waals surface area contributed by atoms with E-state index in [4.69, 9.17) is 0 Å². The lowest BCUT2D eigenvalue weighted by Crippen LogP contribution is -2.31. The second-order valence-corrected chi connectivity index (χ2v) is 4.21. The molecule has 17 heavy (non-hydrogen) atoms. The van der Waals surface area contributed by atoms with Gasteiger partial charge in [-0.15, -0.1) is 5.73 Å². The third-order valence-corrected chi connectivity index (χ3v) is 2.62. The topological polar surface area (TPSA) is 40.7 Å². The lowest BCUT2D eigenvalue weighted by molar-refractivity contribution is 0.607. The first-order chi connectivity index (χ1) is 8.17. The predicted molar refractivity (Wildman–Crippen MR) is 71.6 cm³/mol.